The molecule has 0 radical (unpaired) electrons. The van der Waals surface area contributed by atoms with Crippen molar-refractivity contribution in [3.63, 3.8) is 0 Å². The topological polar surface area (TPSA) is 29.5 Å². The molecule has 1 amide bonds. The molecule has 1 aromatic heterocycles. The van der Waals surface area contributed by atoms with Crippen LogP contribution >= 0.6 is 11.3 Å². The molecule has 28 heavy (non-hydrogen) atoms. The summed E-state index contributed by atoms with van der Waals surface area (Å²) in [6.45, 7) is 4.19. The van der Waals surface area contributed by atoms with E-state index in [2.05, 4.69) is 43.5 Å². The fourth-order valence-electron chi connectivity index (χ4n) is 3.95. The number of anilines is 1. The van der Waals surface area contributed by atoms with Gasteiger partial charge in [0, 0.05) is 10.6 Å². The third kappa shape index (κ3) is 3.14. The molecule has 1 fully saturated rings. The number of nitrogens with zero attached hydrogens (tertiary/aromatic N) is 1. The number of amides is 1. The van der Waals surface area contributed by atoms with Crippen LogP contribution in [0.4, 0.5) is 5.69 Å². The standard InChI is InChI=1S/C24H23NO2S/c1-16(2)21(17-8-5-4-6-9-17)22-23(20-10-7-15-28-20)25(24(22)26)18-11-13-19(27-3)14-12-18/h4-15,22-23H,1-3H3. The zero-order valence-electron chi connectivity index (χ0n) is 16.3. The molecule has 1 aliphatic heterocycles. The van der Waals surface area contributed by atoms with Crippen molar-refractivity contribution in [2.24, 2.45) is 5.92 Å². The van der Waals surface area contributed by atoms with Crippen LogP contribution in [0.1, 0.15) is 30.3 Å². The first-order chi connectivity index (χ1) is 13.6. The summed E-state index contributed by atoms with van der Waals surface area (Å²) in [5.41, 5.74) is 4.34. The van der Waals surface area contributed by atoms with Crippen LogP contribution in [0.15, 0.2) is 77.7 Å². The lowest BCUT2D eigenvalue weighted by molar-refractivity contribution is -0.127. The van der Waals surface area contributed by atoms with Gasteiger partial charge in [-0.2, -0.15) is 0 Å². The average molecular weight is 390 g/mol. The highest BCUT2D eigenvalue weighted by Gasteiger charge is 2.51. The maximum Gasteiger partial charge on any atom is 0.237 e. The second-order valence-corrected chi connectivity index (χ2v) is 8.10. The van der Waals surface area contributed by atoms with E-state index >= 15 is 0 Å². The Morgan fingerprint density at radius 3 is 2.25 bits per heavy atom. The van der Waals surface area contributed by atoms with Gasteiger partial charge in [0.25, 0.3) is 0 Å². The van der Waals surface area contributed by atoms with Crippen molar-refractivity contribution in [1.82, 2.24) is 0 Å². The number of thiophene rings is 1. The van der Waals surface area contributed by atoms with Crippen molar-refractivity contribution in [3.05, 3.63) is 88.1 Å². The minimum Gasteiger partial charge on any atom is -0.497 e. The van der Waals surface area contributed by atoms with Gasteiger partial charge >= 0.3 is 0 Å². The number of rotatable bonds is 5. The third-order valence-corrected chi connectivity index (χ3v) is 6.16. The van der Waals surface area contributed by atoms with Crippen molar-refractivity contribution < 1.29 is 9.53 Å². The summed E-state index contributed by atoms with van der Waals surface area (Å²) in [7, 11) is 1.65. The van der Waals surface area contributed by atoms with Crippen LogP contribution in [0.5, 0.6) is 5.75 Å². The van der Waals surface area contributed by atoms with E-state index in [0.29, 0.717) is 0 Å². The Hall–Kier alpha value is -2.85. The molecule has 1 aliphatic rings. The Morgan fingerprint density at radius 2 is 1.68 bits per heavy atom. The first-order valence-electron chi connectivity index (χ1n) is 9.35. The number of carbonyl (C=O) groups excluding carboxylic acids is 1. The van der Waals surface area contributed by atoms with Gasteiger partial charge in [0.15, 0.2) is 0 Å². The van der Waals surface area contributed by atoms with Crippen molar-refractivity contribution >= 4 is 28.5 Å². The number of ether oxygens (including phenoxy) is 1. The average Bonchev–Trinajstić information content (AvgIpc) is 3.24. The fourth-order valence-corrected chi connectivity index (χ4v) is 4.80. The van der Waals surface area contributed by atoms with Crippen LogP contribution in [0.3, 0.4) is 0 Å². The lowest BCUT2D eigenvalue weighted by Crippen LogP contribution is -2.55. The number of methoxy groups -OCH3 is 1. The summed E-state index contributed by atoms with van der Waals surface area (Å²) in [6, 6.07) is 22.2. The van der Waals surface area contributed by atoms with Gasteiger partial charge in [-0.05, 0) is 60.7 Å². The van der Waals surface area contributed by atoms with Crippen LogP contribution in [0.25, 0.3) is 5.57 Å². The number of carbonyl (C=O) groups is 1. The largest absolute Gasteiger partial charge is 0.497 e. The van der Waals surface area contributed by atoms with Crippen molar-refractivity contribution in [2.45, 2.75) is 19.9 Å². The molecule has 0 N–H and O–H groups in total. The van der Waals surface area contributed by atoms with Gasteiger partial charge in [0.1, 0.15) is 5.75 Å². The Bertz CT molecular complexity index is 987. The van der Waals surface area contributed by atoms with Crippen LogP contribution in [0.2, 0.25) is 0 Å². The van der Waals surface area contributed by atoms with Gasteiger partial charge in [0.05, 0.1) is 19.1 Å². The predicted octanol–water partition coefficient (Wildman–Crippen LogP) is 5.95. The van der Waals surface area contributed by atoms with E-state index in [4.69, 9.17) is 4.74 Å². The number of allylic oxidation sites excluding steroid dienone is 1. The second-order valence-electron chi connectivity index (χ2n) is 7.12. The molecule has 2 atom stereocenters. The first kappa shape index (κ1) is 18.5. The molecule has 1 saturated heterocycles. The smallest absolute Gasteiger partial charge is 0.237 e. The minimum atomic E-state index is -0.173. The monoisotopic (exact) mass is 389 g/mol. The minimum absolute atomic E-state index is 0.00556. The van der Waals surface area contributed by atoms with Gasteiger partial charge in [-0.1, -0.05) is 42.0 Å². The van der Waals surface area contributed by atoms with Gasteiger partial charge in [0.2, 0.25) is 5.91 Å². The highest BCUT2D eigenvalue weighted by atomic mass is 32.1. The Balaban J connectivity index is 1.77. The molecule has 0 bridgehead atoms. The van der Waals surface area contributed by atoms with Crippen LogP contribution in [-0.2, 0) is 4.79 Å². The van der Waals surface area contributed by atoms with Gasteiger partial charge in [-0.15, -0.1) is 11.3 Å². The lowest BCUT2D eigenvalue weighted by Gasteiger charge is -2.48. The van der Waals surface area contributed by atoms with E-state index in [-0.39, 0.29) is 17.9 Å². The van der Waals surface area contributed by atoms with E-state index in [0.717, 1.165) is 22.6 Å². The molecule has 2 aromatic carbocycles. The molecular formula is C24H23NO2S. The maximum atomic E-state index is 13.4. The number of hydrogen-bond donors (Lipinski definition) is 0. The van der Waals surface area contributed by atoms with Gasteiger partial charge in [-0.3, -0.25) is 4.79 Å². The lowest BCUT2D eigenvalue weighted by atomic mass is 9.75. The summed E-state index contributed by atoms with van der Waals surface area (Å²) in [4.78, 5) is 16.5. The van der Waals surface area contributed by atoms with Crippen molar-refractivity contribution in [3.8, 4) is 5.75 Å². The van der Waals surface area contributed by atoms with E-state index in [1.54, 1.807) is 18.4 Å². The Morgan fingerprint density at radius 1 is 0.964 bits per heavy atom. The Kier molecular flexibility index (Phi) is 5.05. The van der Waals surface area contributed by atoms with E-state index in [9.17, 15) is 4.79 Å². The van der Waals surface area contributed by atoms with E-state index < -0.39 is 0 Å². The number of hydrogen-bond acceptors (Lipinski definition) is 3. The van der Waals surface area contributed by atoms with E-state index in [1.807, 2.05) is 47.4 Å². The molecular weight excluding hydrogens is 366 g/mol. The van der Waals surface area contributed by atoms with Crippen LogP contribution in [-0.4, -0.2) is 13.0 Å². The maximum absolute atomic E-state index is 13.4. The predicted molar refractivity (Wildman–Crippen MR) is 116 cm³/mol. The van der Waals surface area contributed by atoms with Crippen LogP contribution < -0.4 is 9.64 Å². The van der Waals surface area contributed by atoms with Gasteiger partial charge < -0.3 is 9.64 Å². The fraction of sp³-hybridized carbons (Fsp3) is 0.208. The molecule has 4 heteroatoms. The summed E-state index contributed by atoms with van der Waals surface area (Å²) in [5, 5.41) is 2.08. The number of benzene rings is 2. The summed E-state index contributed by atoms with van der Waals surface area (Å²) in [6.07, 6.45) is 0. The molecule has 2 unspecified atom stereocenters. The Labute approximate surface area is 169 Å². The molecule has 0 spiro atoms. The van der Waals surface area contributed by atoms with Gasteiger partial charge in [-0.25, -0.2) is 0 Å². The molecule has 4 rings (SSSR count). The quantitative estimate of drug-likeness (QED) is 0.504. The normalized spacial score (nSPS) is 18.5. The molecule has 2 heterocycles. The summed E-state index contributed by atoms with van der Waals surface area (Å²) >= 11 is 1.70. The summed E-state index contributed by atoms with van der Waals surface area (Å²) in [5.74, 6) is 0.756. The SMILES string of the molecule is COc1ccc(N2C(=O)C(C(=C(C)C)c3ccccc3)C2c2cccs2)cc1. The highest BCUT2D eigenvalue weighted by Crippen LogP contribution is 2.51. The molecule has 142 valence electrons. The third-order valence-electron chi connectivity index (χ3n) is 5.22. The highest BCUT2D eigenvalue weighted by molar-refractivity contribution is 7.10. The zero-order valence-corrected chi connectivity index (χ0v) is 17.1. The molecule has 3 aromatic rings. The van der Waals surface area contributed by atoms with Crippen molar-refractivity contribution in [1.29, 1.82) is 0 Å². The van der Waals surface area contributed by atoms with Crippen LogP contribution in [0, 0.1) is 5.92 Å². The molecule has 3 nitrogen and oxygen atoms in total. The first-order valence-corrected chi connectivity index (χ1v) is 10.2. The second kappa shape index (κ2) is 7.64. The molecule has 0 saturated carbocycles. The number of β-lactam (4-membered cyclic amide) rings is 1. The van der Waals surface area contributed by atoms with E-state index in [1.165, 1.54) is 10.5 Å². The zero-order chi connectivity index (χ0) is 19.7. The van der Waals surface area contributed by atoms with Crippen molar-refractivity contribution in [2.75, 3.05) is 12.0 Å². The molecule has 0 aliphatic carbocycles. The summed E-state index contributed by atoms with van der Waals surface area (Å²) < 4.78 is 5.27.